The molecule has 2 amide bonds. The summed E-state index contributed by atoms with van der Waals surface area (Å²) in [6.07, 6.45) is 2.68. The van der Waals surface area contributed by atoms with E-state index < -0.39 is 0 Å². The van der Waals surface area contributed by atoms with Gasteiger partial charge in [0.15, 0.2) is 5.76 Å². The zero-order chi connectivity index (χ0) is 14.4. The van der Waals surface area contributed by atoms with Crippen LogP contribution >= 0.6 is 12.4 Å². The minimum atomic E-state index is -0.293. The molecule has 0 bridgehead atoms. The molecule has 3 N–H and O–H groups in total. The number of carbonyl (C=O) groups excluding carboxylic acids is 2. The second-order valence-corrected chi connectivity index (χ2v) is 5.13. The summed E-state index contributed by atoms with van der Waals surface area (Å²) in [5, 5.41) is 8.97. The SMILES string of the molecule is CC1CNCCC1NC(=O)CCNC(=O)c1ccco1.Cl. The first kappa shape index (κ1) is 17.5. The number of furan rings is 1. The van der Waals surface area contributed by atoms with E-state index in [0.717, 1.165) is 19.5 Å². The predicted octanol–water partition coefficient (Wildman–Crippen LogP) is 0.935. The van der Waals surface area contributed by atoms with E-state index in [0.29, 0.717) is 12.5 Å². The second kappa shape index (κ2) is 8.69. The van der Waals surface area contributed by atoms with Crippen LogP contribution in [0.4, 0.5) is 0 Å². The largest absolute Gasteiger partial charge is 0.459 e. The molecule has 1 aliphatic heterocycles. The van der Waals surface area contributed by atoms with Gasteiger partial charge in [0.25, 0.3) is 5.91 Å². The Labute approximate surface area is 130 Å². The Morgan fingerprint density at radius 2 is 2.29 bits per heavy atom. The first-order chi connectivity index (χ1) is 9.66. The number of piperidine rings is 1. The van der Waals surface area contributed by atoms with E-state index in [1.165, 1.54) is 6.26 Å². The normalized spacial score (nSPS) is 21.2. The van der Waals surface area contributed by atoms with Crippen molar-refractivity contribution in [3.8, 4) is 0 Å². The molecule has 1 saturated heterocycles. The van der Waals surface area contributed by atoms with Crippen molar-refractivity contribution in [2.45, 2.75) is 25.8 Å². The quantitative estimate of drug-likeness (QED) is 0.755. The Morgan fingerprint density at radius 1 is 1.48 bits per heavy atom. The van der Waals surface area contributed by atoms with Crippen LogP contribution in [0.2, 0.25) is 0 Å². The number of carbonyl (C=O) groups is 2. The summed E-state index contributed by atoms with van der Waals surface area (Å²) >= 11 is 0. The third kappa shape index (κ3) is 5.40. The van der Waals surface area contributed by atoms with Gasteiger partial charge in [-0.2, -0.15) is 0 Å². The lowest BCUT2D eigenvalue weighted by molar-refractivity contribution is -0.122. The fourth-order valence-corrected chi connectivity index (χ4v) is 2.29. The molecule has 1 aliphatic rings. The van der Waals surface area contributed by atoms with Crippen LogP contribution in [0.15, 0.2) is 22.8 Å². The molecular weight excluding hydrogens is 294 g/mol. The van der Waals surface area contributed by atoms with Crippen LogP contribution in [0.25, 0.3) is 0 Å². The van der Waals surface area contributed by atoms with Crippen molar-refractivity contribution in [2.75, 3.05) is 19.6 Å². The molecule has 0 aromatic carbocycles. The Balaban J connectivity index is 0.00000220. The second-order valence-electron chi connectivity index (χ2n) is 5.13. The minimum Gasteiger partial charge on any atom is -0.459 e. The lowest BCUT2D eigenvalue weighted by Crippen LogP contribution is -2.48. The summed E-state index contributed by atoms with van der Waals surface area (Å²) in [6, 6.07) is 3.47. The average molecular weight is 316 g/mol. The van der Waals surface area contributed by atoms with Gasteiger partial charge in [-0.05, 0) is 37.6 Å². The highest BCUT2D eigenvalue weighted by Crippen LogP contribution is 2.10. The topological polar surface area (TPSA) is 83.4 Å². The summed E-state index contributed by atoms with van der Waals surface area (Å²) in [6.45, 7) is 4.30. The number of amides is 2. The molecular formula is C14H22ClN3O3. The monoisotopic (exact) mass is 315 g/mol. The van der Waals surface area contributed by atoms with E-state index >= 15 is 0 Å². The van der Waals surface area contributed by atoms with E-state index in [4.69, 9.17) is 4.42 Å². The van der Waals surface area contributed by atoms with Crippen LogP contribution in [-0.2, 0) is 4.79 Å². The molecule has 0 radical (unpaired) electrons. The molecule has 1 aromatic rings. The maximum Gasteiger partial charge on any atom is 0.286 e. The lowest BCUT2D eigenvalue weighted by atomic mass is 9.95. The summed E-state index contributed by atoms with van der Waals surface area (Å²) in [5.74, 6) is 0.379. The molecule has 2 atom stereocenters. The zero-order valence-corrected chi connectivity index (χ0v) is 12.9. The van der Waals surface area contributed by atoms with Gasteiger partial charge in [-0.3, -0.25) is 9.59 Å². The Bertz CT molecular complexity index is 450. The van der Waals surface area contributed by atoms with E-state index in [2.05, 4.69) is 22.9 Å². The van der Waals surface area contributed by atoms with E-state index in [-0.39, 0.29) is 42.4 Å². The van der Waals surface area contributed by atoms with Crippen molar-refractivity contribution in [3.63, 3.8) is 0 Å². The van der Waals surface area contributed by atoms with E-state index in [1.807, 2.05) is 0 Å². The Hall–Kier alpha value is -1.53. The fourth-order valence-electron chi connectivity index (χ4n) is 2.29. The molecule has 2 unspecified atom stereocenters. The van der Waals surface area contributed by atoms with Gasteiger partial charge in [-0.1, -0.05) is 6.92 Å². The molecule has 2 heterocycles. The first-order valence-corrected chi connectivity index (χ1v) is 6.98. The van der Waals surface area contributed by atoms with Gasteiger partial charge in [0.1, 0.15) is 0 Å². The van der Waals surface area contributed by atoms with Crippen LogP contribution in [-0.4, -0.2) is 37.5 Å². The highest BCUT2D eigenvalue weighted by atomic mass is 35.5. The van der Waals surface area contributed by atoms with Gasteiger partial charge >= 0.3 is 0 Å². The van der Waals surface area contributed by atoms with Crippen LogP contribution < -0.4 is 16.0 Å². The zero-order valence-electron chi connectivity index (χ0n) is 12.1. The van der Waals surface area contributed by atoms with Crippen molar-refractivity contribution < 1.29 is 14.0 Å². The fraction of sp³-hybridized carbons (Fsp3) is 0.571. The van der Waals surface area contributed by atoms with Crippen molar-refractivity contribution >= 4 is 24.2 Å². The standard InChI is InChI=1S/C14H21N3O3.ClH/c1-10-9-15-6-4-11(10)17-13(18)5-7-16-14(19)12-3-2-8-20-12;/h2-3,8,10-11,15H,4-7,9H2,1H3,(H,16,19)(H,17,18);1H. The summed E-state index contributed by atoms with van der Waals surface area (Å²) < 4.78 is 4.97. The molecule has 0 saturated carbocycles. The Kier molecular flexibility index (Phi) is 7.25. The summed E-state index contributed by atoms with van der Waals surface area (Å²) in [4.78, 5) is 23.4. The van der Waals surface area contributed by atoms with Gasteiger partial charge in [-0.25, -0.2) is 0 Å². The highest BCUT2D eigenvalue weighted by Gasteiger charge is 2.22. The minimum absolute atomic E-state index is 0. The van der Waals surface area contributed by atoms with Crippen LogP contribution in [0.5, 0.6) is 0 Å². The van der Waals surface area contributed by atoms with Gasteiger partial charge < -0.3 is 20.4 Å². The van der Waals surface area contributed by atoms with Gasteiger partial charge in [0.05, 0.1) is 6.26 Å². The predicted molar refractivity (Wildman–Crippen MR) is 81.5 cm³/mol. The molecule has 118 valence electrons. The van der Waals surface area contributed by atoms with Gasteiger partial charge in [0, 0.05) is 19.0 Å². The number of hydrogen-bond acceptors (Lipinski definition) is 4. The van der Waals surface area contributed by atoms with Crippen LogP contribution in [0.3, 0.4) is 0 Å². The number of hydrogen-bond donors (Lipinski definition) is 3. The average Bonchev–Trinajstić information content (AvgIpc) is 2.95. The summed E-state index contributed by atoms with van der Waals surface area (Å²) in [5.41, 5.74) is 0. The van der Waals surface area contributed by atoms with Crippen molar-refractivity contribution in [3.05, 3.63) is 24.2 Å². The Morgan fingerprint density at radius 3 is 2.95 bits per heavy atom. The van der Waals surface area contributed by atoms with Crippen LogP contribution in [0, 0.1) is 5.92 Å². The lowest BCUT2D eigenvalue weighted by Gasteiger charge is -2.30. The third-order valence-corrected chi connectivity index (χ3v) is 3.51. The van der Waals surface area contributed by atoms with Gasteiger partial charge in [0.2, 0.25) is 5.91 Å². The molecule has 1 fully saturated rings. The molecule has 0 spiro atoms. The van der Waals surface area contributed by atoms with E-state index in [9.17, 15) is 9.59 Å². The number of halogens is 1. The molecule has 21 heavy (non-hydrogen) atoms. The molecule has 7 heteroatoms. The third-order valence-electron chi connectivity index (χ3n) is 3.51. The molecule has 2 rings (SSSR count). The smallest absolute Gasteiger partial charge is 0.286 e. The van der Waals surface area contributed by atoms with Crippen molar-refractivity contribution in [1.82, 2.24) is 16.0 Å². The van der Waals surface area contributed by atoms with Gasteiger partial charge in [-0.15, -0.1) is 12.4 Å². The number of nitrogens with one attached hydrogen (secondary N) is 3. The molecule has 0 aliphatic carbocycles. The van der Waals surface area contributed by atoms with Crippen LogP contribution in [0.1, 0.15) is 30.3 Å². The number of rotatable bonds is 5. The molecule has 1 aromatic heterocycles. The first-order valence-electron chi connectivity index (χ1n) is 6.98. The maximum absolute atomic E-state index is 11.8. The van der Waals surface area contributed by atoms with E-state index in [1.54, 1.807) is 12.1 Å². The maximum atomic E-state index is 11.8. The summed E-state index contributed by atoms with van der Waals surface area (Å²) in [7, 11) is 0. The van der Waals surface area contributed by atoms with Crippen molar-refractivity contribution in [1.29, 1.82) is 0 Å². The highest BCUT2D eigenvalue weighted by molar-refractivity contribution is 5.91. The van der Waals surface area contributed by atoms with Crippen molar-refractivity contribution in [2.24, 2.45) is 5.92 Å². The molecule has 6 nitrogen and oxygen atoms in total.